The summed E-state index contributed by atoms with van der Waals surface area (Å²) in [6, 6.07) is 10.2. The largest absolute Gasteiger partial charge is 0.495 e. The number of ether oxygens (including phenoxy) is 3. The lowest BCUT2D eigenvalue weighted by Crippen LogP contribution is -2.38. The van der Waals surface area contributed by atoms with Crippen molar-refractivity contribution in [3.8, 4) is 22.6 Å². The maximum atomic E-state index is 13.6. The molecule has 8 nitrogen and oxygen atoms in total. The van der Waals surface area contributed by atoms with E-state index in [4.69, 9.17) is 26.2 Å². The standard InChI is InChI=1S/C30H30ClF2NO7/c1-30(11-3-12-30)40-13-10-23(24(35)14-18-4-6-19(7-5-18)28(37)38)34-17-26(39-2)22(16-27(34)36)21-15-20(31)8-9-25(21)41-29(32)33/h4-9,15-17,23,29H,3,10-14H2,1-2H3,(H,37,38)/t23-/m0/s1. The molecule has 2 aromatic carbocycles. The first-order chi connectivity index (χ1) is 19.5. The van der Waals surface area contributed by atoms with Gasteiger partial charge in [-0.05, 0) is 68.5 Å². The second kappa shape index (κ2) is 12.8. The lowest BCUT2D eigenvalue weighted by atomic mass is 9.82. The first kappa shape index (κ1) is 30.2. The highest BCUT2D eigenvalue weighted by Crippen LogP contribution is 2.39. The molecule has 4 rings (SSSR count). The number of aromatic carboxylic acids is 1. The minimum atomic E-state index is -3.11. The fraction of sp³-hybridized carbons (Fsp3) is 0.367. The summed E-state index contributed by atoms with van der Waals surface area (Å²) in [6.45, 7) is -0.877. The van der Waals surface area contributed by atoms with Crippen LogP contribution >= 0.6 is 11.6 Å². The molecule has 0 unspecified atom stereocenters. The average Bonchev–Trinajstić information content (AvgIpc) is 2.91. The molecular weight excluding hydrogens is 560 g/mol. The molecule has 1 fully saturated rings. The van der Waals surface area contributed by atoms with Gasteiger partial charge < -0.3 is 23.9 Å². The summed E-state index contributed by atoms with van der Waals surface area (Å²) < 4.78 is 43.6. The van der Waals surface area contributed by atoms with Gasteiger partial charge in [-0.1, -0.05) is 23.7 Å². The number of aromatic nitrogens is 1. The molecule has 218 valence electrons. The zero-order valence-corrected chi connectivity index (χ0v) is 23.3. The number of ketones is 1. The maximum absolute atomic E-state index is 13.6. The Hall–Kier alpha value is -3.76. The molecule has 1 heterocycles. The molecule has 41 heavy (non-hydrogen) atoms. The van der Waals surface area contributed by atoms with Crippen LogP contribution in [-0.4, -0.2) is 47.4 Å². The number of carboxylic acids is 1. The number of Topliss-reactive ketones (excluding diaryl/α,β-unsaturated/α-hetero) is 1. The van der Waals surface area contributed by atoms with Gasteiger partial charge in [0.15, 0.2) is 5.78 Å². The molecule has 1 aromatic heterocycles. The van der Waals surface area contributed by atoms with Crippen LogP contribution in [0.5, 0.6) is 11.5 Å². The summed E-state index contributed by atoms with van der Waals surface area (Å²) in [6.07, 6.45) is 4.38. The molecule has 1 N–H and O–H groups in total. The van der Waals surface area contributed by atoms with Crippen molar-refractivity contribution in [3.63, 3.8) is 0 Å². The number of hydrogen-bond acceptors (Lipinski definition) is 6. The Labute approximate surface area is 240 Å². The van der Waals surface area contributed by atoms with E-state index in [1.54, 1.807) is 12.1 Å². The molecule has 0 aliphatic heterocycles. The van der Waals surface area contributed by atoms with E-state index in [-0.39, 0.29) is 64.0 Å². The normalized spacial score (nSPS) is 14.8. The first-order valence-corrected chi connectivity index (χ1v) is 13.4. The Morgan fingerprint density at radius 3 is 2.34 bits per heavy atom. The number of rotatable bonds is 13. The zero-order valence-electron chi connectivity index (χ0n) is 22.6. The van der Waals surface area contributed by atoms with E-state index >= 15 is 0 Å². The smallest absolute Gasteiger partial charge is 0.387 e. The second-order valence-electron chi connectivity index (χ2n) is 10.1. The Balaban J connectivity index is 1.70. The fourth-order valence-corrected chi connectivity index (χ4v) is 5.00. The highest BCUT2D eigenvalue weighted by atomic mass is 35.5. The number of methoxy groups -OCH3 is 1. The molecule has 3 aromatic rings. The third-order valence-corrected chi connectivity index (χ3v) is 7.49. The Kier molecular flexibility index (Phi) is 9.45. The third-order valence-electron chi connectivity index (χ3n) is 7.25. The number of carboxylic acid groups (broad SMARTS) is 1. The van der Waals surface area contributed by atoms with Crippen LogP contribution in [0.1, 0.15) is 54.6 Å². The number of carbonyl (C=O) groups is 2. The van der Waals surface area contributed by atoms with Gasteiger partial charge in [-0.25, -0.2) is 4.79 Å². The molecule has 1 saturated carbocycles. The van der Waals surface area contributed by atoms with Crippen LogP contribution in [0.25, 0.3) is 11.1 Å². The lowest BCUT2D eigenvalue weighted by Gasteiger charge is -2.38. The molecule has 1 aliphatic carbocycles. The third kappa shape index (κ3) is 7.31. The van der Waals surface area contributed by atoms with Crippen molar-refractivity contribution < 1.29 is 37.7 Å². The minimum absolute atomic E-state index is 0.0565. The van der Waals surface area contributed by atoms with Crippen LogP contribution < -0.4 is 15.0 Å². The van der Waals surface area contributed by atoms with Crippen LogP contribution in [0.2, 0.25) is 5.02 Å². The van der Waals surface area contributed by atoms with Gasteiger partial charge in [0.2, 0.25) is 0 Å². The van der Waals surface area contributed by atoms with Crippen molar-refractivity contribution in [2.75, 3.05) is 13.7 Å². The van der Waals surface area contributed by atoms with Gasteiger partial charge in [0.1, 0.15) is 11.5 Å². The van der Waals surface area contributed by atoms with Crippen LogP contribution in [-0.2, 0) is 16.0 Å². The van der Waals surface area contributed by atoms with Gasteiger partial charge in [0, 0.05) is 35.2 Å². The predicted molar refractivity (Wildman–Crippen MR) is 148 cm³/mol. The van der Waals surface area contributed by atoms with Gasteiger partial charge in [0.05, 0.1) is 30.5 Å². The Morgan fingerprint density at radius 1 is 1.07 bits per heavy atom. The van der Waals surface area contributed by atoms with E-state index < -0.39 is 24.2 Å². The SMILES string of the molecule is COc1cn([C@@H](CCOC2(C)CCC2)C(=O)Cc2ccc(C(=O)O)cc2)c(=O)cc1-c1cc(Cl)ccc1OC(F)F. The molecule has 11 heteroatoms. The number of carbonyl (C=O) groups excluding carboxylic acids is 1. The topological polar surface area (TPSA) is 104 Å². The van der Waals surface area contributed by atoms with Crippen LogP contribution in [0.4, 0.5) is 8.78 Å². The minimum Gasteiger partial charge on any atom is -0.495 e. The van der Waals surface area contributed by atoms with E-state index in [9.17, 15) is 23.2 Å². The van der Waals surface area contributed by atoms with E-state index in [1.165, 1.54) is 54.3 Å². The van der Waals surface area contributed by atoms with E-state index in [2.05, 4.69) is 4.74 Å². The first-order valence-electron chi connectivity index (χ1n) is 13.0. The van der Waals surface area contributed by atoms with Crippen LogP contribution in [0, 0.1) is 0 Å². The molecule has 0 spiro atoms. The summed E-state index contributed by atoms with van der Waals surface area (Å²) in [4.78, 5) is 38.3. The van der Waals surface area contributed by atoms with Gasteiger partial charge in [-0.3, -0.25) is 9.59 Å². The molecule has 0 bridgehead atoms. The van der Waals surface area contributed by atoms with Gasteiger partial charge in [-0.15, -0.1) is 0 Å². The molecule has 1 atom stereocenters. The monoisotopic (exact) mass is 589 g/mol. The van der Waals surface area contributed by atoms with Crippen molar-refractivity contribution in [2.45, 2.75) is 57.3 Å². The summed E-state index contributed by atoms with van der Waals surface area (Å²) in [5, 5.41) is 9.39. The number of hydrogen-bond donors (Lipinski definition) is 1. The van der Waals surface area contributed by atoms with Crippen LogP contribution in [0.15, 0.2) is 59.5 Å². The van der Waals surface area contributed by atoms with Crippen molar-refractivity contribution in [1.29, 1.82) is 0 Å². The number of halogens is 3. The maximum Gasteiger partial charge on any atom is 0.387 e. The van der Waals surface area contributed by atoms with E-state index in [0.29, 0.717) is 5.56 Å². The van der Waals surface area contributed by atoms with Gasteiger partial charge in [-0.2, -0.15) is 8.78 Å². The second-order valence-corrected chi connectivity index (χ2v) is 10.6. The molecule has 0 saturated heterocycles. The lowest BCUT2D eigenvalue weighted by molar-refractivity contribution is -0.124. The quantitative estimate of drug-likeness (QED) is 0.254. The van der Waals surface area contributed by atoms with Crippen molar-refractivity contribution >= 4 is 23.4 Å². The van der Waals surface area contributed by atoms with Crippen molar-refractivity contribution in [1.82, 2.24) is 4.57 Å². The predicted octanol–water partition coefficient (Wildman–Crippen LogP) is 6.18. The van der Waals surface area contributed by atoms with Crippen molar-refractivity contribution in [2.24, 2.45) is 0 Å². The fourth-order valence-electron chi connectivity index (χ4n) is 4.83. The van der Waals surface area contributed by atoms with Crippen molar-refractivity contribution in [3.05, 3.63) is 81.2 Å². The van der Waals surface area contributed by atoms with E-state index in [0.717, 1.165) is 19.3 Å². The average molecular weight is 590 g/mol. The highest BCUT2D eigenvalue weighted by molar-refractivity contribution is 6.31. The highest BCUT2D eigenvalue weighted by Gasteiger charge is 2.33. The number of benzene rings is 2. The summed E-state index contributed by atoms with van der Waals surface area (Å²) >= 11 is 6.12. The van der Waals surface area contributed by atoms with Gasteiger partial charge >= 0.3 is 12.6 Å². The summed E-state index contributed by atoms with van der Waals surface area (Å²) in [5.41, 5.74) is 0.134. The van der Waals surface area contributed by atoms with Gasteiger partial charge in [0.25, 0.3) is 5.56 Å². The molecular formula is C30H30ClF2NO7. The number of pyridine rings is 1. The number of nitrogens with zero attached hydrogens (tertiary/aromatic N) is 1. The molecule has 0 amide bonds. The molecule has 1 aliphatic rings. The Bertz CT molecular complexity index is 1470. The Morgan fingerprint density at radius 2 is 1.76 bits per heavy atom. The number of alkyl halides is 2. The molecule has 0 radical (unpaired) electrons. The summed E-state index contributed by atoms with van der Waals surface area (Å²) in [5.74, 6) is -1.43. The summed E-state index contributed by atoms with van der Waals surface area (Å²) in [7, 11) is 1.35. The zero-order chi connectivity index (χ0) is 29.7. The van der Waals surface area contributed by atoms with Crippen LogP contribution in [0.3, 0.4) is 0 Å². The van der Waals surface area contributed by atoms with E-state index in [1.807, 2.05) is 6.92 Å².